The Kier molecular flexibility index (Phi) is 2.84. The smallest absolute Gasteiger partial charge is 0.0403 e. The zero-order chi connectivity index (χ0) is 11.0. The molecule has 2 heterocycles. The lowest BCUT2D eigenvalue weighted by Crippen LogP contribution is -2.51. The molecule has 0 saturated carbocycles. The molecule has 3 nitrogen and oxygen atoms in total. The number of rotatable bonds is 0. The third-order valence-corrected chi connectivity index (χ3v) is 4.02. The number of para-hydroxylation sites is 1. The Morgan fingerprint density at radius 1 is 1.25 bits per heavy atom. The summed E-state index contributed by atoms with van der Waals surface area (Å²) in [5.74, 6) is 0. The normalized spacial score (nSPS) is 26.4. The minimum Gasteiger partial charge on any atom is -0.383 e. The molecule has 1 aromatic carbocycles. The highest BCUT2D eigenvalue weighted by Crippen LogP contribution is 2.24. The standard InChI is InChI=1S/C12H18N3P/c16-15-6-5-14-8-10-3-1-2-4-12(10)13-7-11(14)9-15/h1-4,11,13H,5-9,16H2. The molecule has 2 unspecified atom stereocenters. The first-order chi connectivity index (χ1) is 7.83. The van der Waals surface area contributed by atoms with Crippen LogP contribution in [0.3, 0.4) is 0 Å². The second-order valence-corrected chi connectivity index (χ2v) is 5.39. The molecule has 0 radical (unpaired) electrons. The Balaban J connectivity index is 1.84. The molecular weight excluding hydrogens is 217 g/mol. The Bertz CT molecular complexity index is 382. The van der Waals surface area contributed by atoms with Crippen LogP contribution < -0.4 is 5.32 Å². The number of nitrogens with one attached hydrogen (secondary N) is 1. The minimum atomic E-state index is 0.638. The van der Waals surface area contributed by atoms with Gasteiger partial charge in [0.05, 0.1) is 0 Å². The SMILES string of the molecule is PN1CCN2Cc3ccccc3NCC2C1. The highest BCUT2D eigenvalue weighted by Gasteiger charge is 2.27. The zero-order valence-corrected chi connectivity index (χ0v) is 10.5. The molecule has 3 rings (SSSR count). The van der Waals surface area contributed by atoms with Crippen LogP contribution in [0.15, 0.2) is 24.3 Å². The summed E-state index contributed by atoms with van der Waals surface area (Å²) in [6.07, 6.45) is 0. The number of anilines is 1. The monoisotopic (exact) mass is 235 g/mol. The predicted molar refractivity (Wildman–Crippen MR) is 70.4 cm³/mol. The van der Waals surface area contributed by atoms with Gasteiger partial charge in [-0.05, 0) is 11.6 Å². The third kappa shape index (κ3) is 1.95. The lowest BCUT2D eigenvalue weighted by atomic mass is 10.1. The van der Waals surface area contributed by atoms with Crippen LogP contribution in [0.2, 0.25) is 0 Å². The molecule has 0 spiro atoms. The second-order valence-electron chi connectivity index (χ2n) is 4.66. The van der Waals surface area contributed by atoms with Gasteiger partial charge in [-0.25, -0.2) is 0 Å². The fourth-order valence-electron chi connectivity index (χ4n) is 2.60. The highest BCUT2D eigenvalue weighted by atomic mass is 31.0. The van der Waals surface area contributed by atoms with Crippen LogP contribution in [0.5, 0.6) is 0 Å². The van der Waals surface area contributed by atoms with Crippen LogP contribution in [0.25, 0.3) is 0 Å². The molecule has 0 amide bonds. The lowest BCUT2D eigenvalue weighted by Gasteiger charge is -2.38. The first kappa shape index (κ1) is 10.5. The molecule has 2 aliphatic heterocycles. The van der Waals surface area contributed by atoms with Crippen molar-refractivity contribution in [3.63, 3.8) is 0 Å². The van der Waals surface area contributed by atoms with Crippen molar-refractivity contribution < 1.29 is 0 Å². The summed E-state index contributed by atoms with van der Waals surface area (Å²) in [6.45, 7) is 5.62. The summed E-state index contributed by atoms with van der Waals surface area (Å²) in [5.41, 5.74) is 2.74. The van der Waals surface area contributed by atoms with Crippen LogP contribution in [0.4, 0.5) is 5.69 Å². The van der Waals surface area contributed by atoms with E-state index in [9.17, 15) is 0 Å². The maximum atomic E-state index is 3.57. The Hall–Kier alpha value is -0.630. The van der Waals surface area contributed by atoms with Crippen molar-refractivity contribution in [2.75, 3.05) is 31.5 Å². The average molecular weight is 235 g/mol. The highest BCUT2D eigenvalue weighted by molar-refractivity contribution is 7.13. The molecule has 2 aliphatic rings. The van der Waals surface area contributed by atoms with E-state index >= 15 is 0 Å². The van der Waals surface area contributed by atoms with E-state index in [0.717, 1.165) is 26.2 Å². The molecule has 1 saturated heterocycles. The summed E-state index contributed by atoms with van der Waals surface area (Å²) in [4.78, 5) is 2.60. The van der Waals surface area contributed by atoms with Crippen molar-refractivity contribution in [1.82, 2.24) is 9.57 Å². The van der Waals surface area contributed by atoms with E-state index in [1.807, 2.05) is 0 Å². The van der Waals surface area contributed by atoms with Gasteiger partial charge in [-0.3, -0.25) is 9.57 Å². The molecule has 1 N–H and O–H groups in total. The molecule has 2 atom stereocenters. The van der Waals surface area contributed by atoms with Crippen LogP contribution in [0, 0.1) is 0 Å². The number of hydrogen-bond acceptors (Lipinski definition) is 3. The van der Waals surface area contributed by atoms with Crippen molar-refractivity contribution in [1.29, 1.82) is 0 Å². The van der Waals surface area contributed by atoms with Gasteiger partial charge in [0.2, 0.25) is 0 Å². The first-order valence-electron chi connectivity index (χ1n) is 5.88. The fraction of sp³-hybridized carbons (Fsp3) is 0.500. The van der Waals surface area contributed by atoms with E-state index in [0.29, 0.717) is 6.04 Å². The van der Waals surface area contributed by atoms with E-state index in [-0.39, 0.29) is 0 Å². The van der Waals surface area contributed by atoms with Gasteiger partial charge in [0, 0.05) is 44.5 Å². The van der Waals surface area contributed by atoms with Gasteiger partial charge in [-0.1, -0.05) is 27.6 Å². The van der Waals surface area contributed by atoms with Crippen molar-refractivity contribution in [3.8, 4) is 0 Å². The Morgan fingerprint density at radius 3 is 3.06 bits per heavy atom. The topological polar surface area (TPSA) is 18.5 Å². The van der Waals surface area contributed by atoms with Crippen LogP contribution >= 0.6 is 9.39 Å². The summed E-state index contributed by atoms with van der Waals surface area (Å²) >= 11 is 0. The largest absolute Gasteiger partial charge is 0.383 e. The molecule has 1 aromatic rings. The number of nitrogens with zero attached hydrogens (tertiary/aromatic N) is 2. The summed E-state index contributed by atoms with van der Waals surface area (Å²) in [5, 5.41) is 3.57. The second kappa shape index (κ2) is 4.33. The Labute approximate surface area is 99.1 Å². The molecule has 16 heavy (non-hydrogen) atoms. The zero-order valence-electron chi connectivity index (χ0n) is 9.39. The van der Waals surface area contributed by atoms with E-state index in [1.54, 1.807) is 0 Å². The molecule has 0 aliphatic carbocycles. The van der Waals surface area contributed by atoms with Gasteiger partial charge in [0.1, 0.15) is 0 Å². The van der Waals surface area contributed by atoms with Crippen molar-refractivity contribution in [2.45, 2.75) is 12.6 Å². The summed E-state index contributed by atoms with van der Waals surface area (Å²) in [6, 6.07) is 9.30. The molecule has 0 bridgehead atoms. The van der Waals surface area contributed by atoms with Gasteiger partial charge >= 0.3 is 0 Å². The van der Waals surface area contributed by atoms with E-state index in [2.05, 4.69) is 48.5 Å². The molecule has 1 fully saturated rings. The molecule has 0 aromatic heterocycles. The third-order valence-electron chi connectivity index (χ3n) is 3.56. The van der Waals surface area contributed by atoms with E-state index in [1.165, 1.54) is 17.8 Å². The lowest BCUT2D eigenvalue weighted by molar-refractivity contribution is 0.126. The quantitative estimate of drug-likeness (QED) is 0.686. The van der Waals surface area contributed by atoms with E-state index in [4.69, 9.17) is 0 Å². The molecule has 4 heteroatoms. The molecular formula is C12H18N3P. The minimum absolute atomic E-state index is 0.638. The van der Waals surface area contributed by atoms with Crippen molar-refractivity contribution >= 4 is 15.1 Å². The first-order valence-corrected chi connectivity index (χ1v) is 6.40. The number of benzene rings is 1. The number of fused-ring (bicyclic) bond motifs is 2. The summed E-state index contributed by atoms with van der Waals surface area (Å²) in [7, 11) is 2.83. The van der Waals surface area contributed by atoms with Crippen LogP contribution in [0.1, 0.15) is 5.56 Å². The Morgan fingerprint density at radius 2 is 2.12 bits per heavy atom. The average Bonchev–Trinajstić information content (AvgIpc) is 2.48. The van der Waals surface area contributed by atoms with Crippen LogP contribution in [-0.4, -0.2) is 41.8 Å². The van der Waals surface area contributed by atoms with Gasteiger partial charge in [0.15, 0.2) is 0 Å². The van der Waals surface area contributed by atoms with Crippen molar-refractivity contribution in [2.24, 2.45) is 0 Å². The van der Waals surface area contributed by atoms with Gasteiger partial charge in [-0.15, -0.1) is 0 Å². The van der Waals surface area contributed by atoms with Gasteiger partial charge < -0.3 is 5.32 Å². The number of hydrogen-bond donors (Lipinski definition) is 1. The predicted octanol–water partition coefficient (Wildman–Crippen LogP) is 1.39. The van der Waals surface area contributed by atoms with Gasteiger partial charge in [0.25, 0.3) is 0 Å². The number of piperazine rings is 1. The maximum absolute atomic E-state index is 3.57. The fourth-order valence-corrected chi connectivity index (χ4v) is 2.95. The maximum Gasteiger partial charge on any atom is 0.0403 e. The van der Waals surface area contributed by atoms with E-state index < -0.39 is 0 Å². The van der Waals surface area contributed by atoms with Crippen molar-refractivity contribution in [3.05, 3.63) is 29.8 Å². The van der Waals surface area contributed by atoms with Crippen LogP contribution in [-0.2, 0) is 6.54 Å². The molecule has 86 valence electrons. The summed E-state index contributed by atoms with van der Waals surface area (Å²) < 4.78 is 2.35. The van der Waals surface area contributed by atoms with Gasteiger partial charge in [-0.2, -0.15) is 0 Å².